The molecule has 3 aromatic rings. The van der Waals surface area contributed by atoms with Gasteiger partial charge in [0.1, 0.15) is 16.3 Å². The largest absolute Gasteiger partial charge is 0.456 e. The third-order valence-corrected chi connectivity index (χ3v) is 5.33. The molecule has 0 radical (unpaired) electrons. The molecule has 10 nitrogen and oxygen atoms in total. The second-order valence-corrected chi connectivity index (χ2v) is 9.29. The molecule has 0 saturated carbocycles. The van der Waals surface area contributed by atoms with E-state index in [4.69, 9.17) is 9.26 Å². The fraction of sp³-hybridized carbons (Fsp3) is 0.364. The van der Waals surface area contributed by atoms with Crippen LogP contribution in [0.15, 0.2) is 22.7 Å². The fourth-order valence-electron chi connectivity index (χ4n) is 2.82. The Morgan fingerprint density at radius 1 is 1.18 bits per heavy atom. The maximum atomic E-state index is 14.8. The highest BCUT2D eigenvalue weighted by Gasteiger charge is 2.23. The molecule has 180 valence electrons. The van der Waals surface area contributed by atoms with Crippen LogP contribution in [0.3, 0.4) is 0 Å². The number of amides is 2. The first-order valence-corrected chi connectivity index (χ1v) is 11.1. The summed E-state index contributed by atoms with van der Waals surface area (Å²) in [4.78, 5) is 45.4. The second kappa shape index (κ2) is 10.1. The zero-order chi connectivity index (χ0) is 25.0. The smallest absolute Gasteiger partial charge is 0.350 e. The number of hydrogen-bond donors (Lipinski definition) is 2. The highest BCUT2D eigenvalue weighted by atomic mass is 32.1. The quantitative estimate of drug-likeness (QED) is 0.480. The number of nitrogens with zero attached hydrogens (tertiary/aromatic N) is 3. The predicted octanol–water partition coefficient (Wildman–Crippen LogP) is 3.66. The highest BCUT2D eigenvalue weighted by molar-refractivity contribution is 7.17. The van der Waals surface area contributed by atoms with Crippen LogP contribution in [0.2, 0.25) is 0 Å². The average molecular weight is 490 g/mol. The first-order valence-electron chi connectivity index (χ1n) is 10.3. The molecular formula is C22H24FN5O5S. The van der Waals surface area contributed by atoms with Crippen molar-refractivity contribution < 1.29 is 28.0 Å². The molecule has 0 aliphatic heterocycles. The first kappa shape index (κ1) is 25.0. The van der Waals surface area contributed by atoms with Crippen LogP contribution in [0.25, 0.3) is 11.4 Å². The molecule has 12 heteroatoms. The summed E-state index contributed by atoms with van der Waals surface area (Å²) >= 11 is 1.00. The summed E-state index contributed by atoms with van der Waals surface area (Å²) in [5.74, 6) is -2.13. The van der Waals surface area contributed by atoms with E-state index in [1.165, 1.54) is 18.2 Å². The van der Waals surface area contributed by atoms with Crippen molar-refractivity contribution in [1.29, 1.82) is 0 Å². The standard InChI is InChI=1S/C22H24FN5O5S/c1-11-17(20(31)32-22(3,4)5)34-21(25-11)27-15(29)9-10-24-19(30)14-8-6-7-13(16(14)23)18-26-12(2)33-28-18/h6-8H,9-10H2,1-5H3,(H,24,30)(H,25,27,29). The Bertz CT molecular complexity index is 1230. The van der Waals surface area contributed by atoms with E-state index < -0.39 is 29.2 Å². The molecule has 0 spiro atoms. The number of benzene rings is 1. The lowest BCUT2D eigenvalue weighted by Crippen LogP contribution is -2.28. The summed E-state index contributed by atoms with van der Waals surface area (Å²) < 4.78 is 25.0. The van der Waals surface area contributed by atoms with Crippen molar-refractivity contribution >= 4 is 34.3 Å². The van der Waals surface area contributed by atoms with E-state index in [0.717, 1.165) is 11.3 Å². The summed E-state index contributed by atoms with van der Waals surface area (Å²) in [6, 6.07) is 4.25. The number of thiazole rings is 1. The lowest BCUT2D eigenvalue weighted by atomic mass is 10.1. The summed E-state index contributed by atoms with van der Waals surface area (Å²) in [7, 11) is 0. The van der Waals surface area contributed by atoms with Crippen molar-refractivity contribution in [3.8, 4) is 11.4 Å². The zero-order valence-corrected chi connectivity index (χ0v) is 20.1. The number of nitrogens with one attached hydrogen (secondary N) is 2. The predicted molar refractivity (Wildman–Crippen MR) is 122 cm³/mol. The lowest BCUT2D eigenvalue weighted by Gasteiger charge is -2.18. The van der Waals surface area contributed by atoms with Gasteiger partial charge in [-0.3, -0.25) is 9.59 Å². The molecule has 2 amide bonds. The SMILES string of the molecule is Cc1nc(-c2cccc(C(=O)NCCC(=O)Nc3nc(C)c(C(=O)OC(C)(C)C)s3)c2F)no1. The van der Waals surface area contributed by atoms with Gasteiger partial charge in [0.25, 0.3) is 5.91 Å². The van der Waals surface area contributed by atoms with Crippen LogP contribution in [-0.2, 0) is 9.53 Å². The summed E-state index contributed by atoms with van der Waals surface area (Å²) in [5, 5.41) is 9.00. The van der Waals surface area contributed by atoms with E-state index in [0.29, 0.717) is 10.6 Å². The molecule has 2 N–H and O–H groups in total. The molecule has 0 fully saturated rings. The van der Waals surface area contributed by atoms with Gasteiger partial charge in [-0.1, -0.05) is 22.6 Å². The Morgan fingerprint density at radius 2 is 1.91 bits per heavy atom. The van der Waals surface area contributed by atoms with Crippen LogP contribution in [-0.4, -0.2) is 45.1 Å². The molecule has 0 atom stereocenters. The molecule has 0 bridgehead atoms. The third-order valence-electron chi connectivity index (χ3n) is 4.28. The van der Waals surface area contributed by atoms with E-state index in [1.807, 2.05) is 0 Å². The Kier molecular flexibility index (Phi) is 7.40. The molecule has 3 rings (SSSR count). The van der Waals surface area contributed by atoms with Crippen LogP contribution in [0.4, 0.5) is 9.52 Å². The zero-order valence-electron chi connectivity index (χ0n) is 19.3. The average Bonchev–Trinajstić information content (AvgIpc) is 3.32. The Balaban J connectivity index is 1.55. The number of halogens is 1. The van der Waals surface area contributed by atoms with Gasteiger partial charge in [0.05, 0.1) is 16.8 Å². The summed E-state index contributed by atoms with van der Waals surface area (Å²) in [6.45, 7) is 8.44. The van der Waals surface area contributed by atoms with Crippen molar-refractivity contribution in [3.63, 3.8) is 0 Å². The number of esters is 1. The van der Waals surface area contributed by atoms with E-state index in [9.17, 15) is 18.8 Å². The van der Waals surface area contributed by atoms with Gasteiger partial charge in [0.15, 0.2) is 5.13 Å². The molecule has 0 aliphatic rings. The number of carbonyl (C=O) groups is 3. The lowest BCUT2D eigenvalue weighted by molar-refractivity contribution is -0.116. The number of aryl methyl sites for hydroxylation is 2. The van der Waals surface area contributed by atoms with E-state index >= 15 is 0 Å². The van der Waals surface area contributed by atoms with Gasteiger partial charge in [-0.25, -0.2) is 14.2 Å². The Morgan fingerprint density at radius 3 is 2.56 bits per heavy atom. The van der Waals surface area contributed by atoms with Gasteiger partial charge < -0.3 is 19.9 Å². The Labute approximate surface area is 198 Å². The Hall–Kier alpha value is -3.67. The molecule has 0 unspecified atom stereocenters. The van der Waals surface area contributed by atoms with Crippen molar-refractivity contribution in [2.75, 3.05) is 11.9 Å². The summed E-state index contributed by atoms with van der Waals surface area (Å²) in [6.07, 6.45) is -0.0858. The molecular weight excluding hydrogens is 465 g/mol. The van der Waals surface area contributed by atoms with Crippen molar-refractivity contribution in [1.82, 2.24) is 20.4 Å². The molecule has 2 aromatic heterocycles. The van der Waals surface area contributed by atoms with E-state index in [1.54, 1.807) is 34.6 Å². The number of rotatable bonds is 7. The molecule has 1 aromatic carbocycles. The van der Waals surface area contributed by atoms with Crippen LogP contribution in [0, 0.1) is 19.7 Å². The first-order chi connectivity index (χ1) is 15.9. The van der Waals surface area contributed by atoms with Crippen molar-refractivity contribution in [2.45, 2.75) is 46.6 Å². The van der Waals surface area contributed by atoms with Gasteiger partial charge in [0, 0.05) is 19.9 Å². The minimum absolute atomic E-state index is 0.0298. The highest BCUT2D eigenvalue weighted by Crippen LogP contribution is 2.25. The molecule has 34 heavy (non-hydrogen) atoms. The van der Waals surface area contributed by atoms with Gasteiger partial charge >= 0.3 is 5.97 Å². The number of ether oxygens (including phenoxy) is 1. The van der Waals surface area contributed by atoms with E-state index in [2.05, 4.69) is 25.8 Å². The molecule has 0 saturated heterocycles. The normalized spacial score (nSPS) is 11.2. The van der Waals surface area contributed by atoms with Crippen molar-refractivity contribution in [2.24, 2.45) is 0 Å². The van der Waals surface area contributed by atoms with Crippen LogP contribution in [0.1, 0.15) is 58.8 Å². The van der Waals surface area contributed by atoms with Gasteiger partial charge in [-0.05, 0) is 39.8 Å². The monoisotopic (exact) mass is 489 g/mol. The second-order valence-electron chi connectivity index (χ2n) is 8.29. The number of anilines is 1. The van der Waals surface area contributed by atoms with Gasteiger partial charge in [0.2, 0.25) is 17.6 Å². The fourth-order valence-corrected chi connectivity index (χ4v) is 3.68. The van der Waals surface area contributed by atoms with Crippen LogP contribution in [0.5, 0.6) is 0 Å². The maximum Gasteiger partial charge on any atom is 0.350 e. The number of hydrogen-bond acceptors (Lipinski definition) is 9. The molecule has 2 heterocycles. The summed E-state index contributed by atoms with van der Waals surface area (Å²) in [5.41, 5.74) is -0.395. The minimum atomic E-state index is -0.793. The van der Waals surface area contributed by atoms with Crippen LogP contribution >= 0.6 is 11.3 Å². The van der Waals surface area contributed by atoms with Crippen molar-refractivity contribution in [3.05, 3.63) is 46.0 Å². The maximum absolute atomic E-state index is 14.8. The minimum Gasteiger partial charge on any atom is -0.456 e. The number of carbonyl (C=O) groups excluding carboxylic acids is 3. The topological polar surface area (TPSA) is 136 Å². The third kappa shape index (κ3) is 6.22. The van der Waals surface area contributed by atoms with Crippen LogP contribution < -0.4 is 10.6 Å². The van der Waals surface area contributed by atoms with Gasteiger partial charge in [-0.15, -0.1) is 0 Å². The molecule has 0 aliphatic carbocycles. The van der Waals surface area contributed by atoms with E-state index in [-0.39, 0.29) is 40.9 Å². The number of aromatic nitrogens is 3. The van der Waals surface area contributed by atoms with Gasteiger partial charge in [-0.2, -0.15) is 4.98 Å².